The van der Waals surface area contributed by atoms with Gasteiger partial charge >= 0.3 is 7.69 Å². The van der Waals surface area contributed by atoms with Gasteiger partial charge in [-0.05, 0) is 213 Å². The van der Waals surface area contributed by atoms with Crippen molar-refractivity contribution in [2.75, 3.05) is 0 Å². The van der Waals surface area contributed by atoms with Crippen LogP contribution in [0.1, 0.15) is 0 Å². The molecule has 1 radical (unpaired) electrons. The van der Waals surface area contributed by atoms with Crippen molar-refractivity contribution < 1.29 is 9.68 Å². The molecule has 0 aliphatic heterocycles. The van der Waals surface area contributed by atoms with Gasteiger partial charge < -0.3 is 9.68 Å². The first-order chi connectivity index (χ1) is 49.6. The normalized spacial score (nSPS) is 11.9. The Labute approximate surface area is 585 Å². The summed E-state index contributed by atoms with van der Waals surface area (Å²) in [5.41, 5.74) is 12.9. The van der Waals surface area contributed by atoms with Gasteiger partial charge in [-0.25, -0.2) is 0 Å². The Kier molecular flexibility index (Phi) is 13.5. The molecule has 22 rings (SSSR count). The van der Waals surface area contributed by atoms with Gasteiger partial charge in [-0.1, -0.05) is 344 Å². The molecule has 0 spiro atoms. The zero-order valence-electron chi connectivity index (χ0n) is 54.1. The van der Waals surface area contributed by atoms with Crippen molar-refractivity contribution >= 4 is 174 Å². The molecule has 0 bridgehead atoms. The summed E-state index contributed by atoms with van der Waals surface area (Å²) in [6.07, 6.45) is 0. The lowest BCUT2D eigenvalue weighted by Crippen LogP contribution is -1.99. The molecule has 2 nitrogen and oxygen atoms in total. The third kappa shape index (κ3) is 8.67. The van der Waals surface area contributed by atoms with Crippen LogP contribution in [-0.4, -0.2) is 12.7 Å². The molecule has 1 N–H and O–H groups in total. The predicted molar refractivity (Wildman–Crippen MR) is 433 cm³/mol. The Hall–Kier alpha value is -12.2. The lowest BCUT2D eigenvalue weighted by atomic mass is 9.87. The first kappa shape index (κ1) is 58.0. The molecule has 0 heterocycles. The fraction of sp³-hybridized carbons (Fsp3) is 0. The largest absolute Gasteiger partial charge is 0.569 e. The summed E-state index contributed by atoms with van der Waals surface area (Å²) in [4.78, 5) is 0. The quantitative estimate of drug-likeness (QED) is 0.161. The third-order valence-corrected chi connectivity index (χ3v) is 21.9. The molecule has 0 unspecified atom stereocenters. The molecule has 22 aromatic rings. The molecule has 463 valence electrons. The highest BCUT2D eigenvalue weighted by atomic mass is 79.9. The van der Waals surface area contributed by atoms with Crippen molar-refractivity contribution in [1.82, 2.24) is 0 Å². The number of halogens is 1. The van der Waals surface area contributed by atoms with Crippen molar-refractivity contribution in [1.29, 1.82) is 0 Å². The monoisotopic (exact) mass is 1330 g/mol. The molecule has 100 heavy (non-hydrogen) atoms. The van der Waals surface area contributed by atoms with Crippen molar-refractivity contribution in [3.8, 4) is 61.4 Å². The van der Waals surface area contributed by atoms with E-state index in [-0.39, 0.29) is 0 Å². The number of rotatable bonds is 7. The minimum Gasteiger partial charge on any atom is -0.537 e. The highest BCUT2D eigenvalue weighted by molar-refractivity contribution is 9.10. The van der Waals surface area contributed by atoms with E-state index in [4.69, 9.17) is 9.68 Å². The summed E-state index contributed by atoms with van der Waals surface area (Å²) in [6, 6.07) is 123. The average Bonchev–Trinajstić information content (AvgIpc) is 1.52. The highest BCUT2D eigenvalue weighted by Gasteiger charge is 2.30. The van der Waals surface area contributed by atoms with Crippen LogP contribution >= 0.6 is 15.9 Å². The second kappa shape index (κ2) is 23.3. The summed E-state index contributed by atoms with van der Waals surface area (Å²) in [7, 11) is 0.696. The van der Waals surface area contributed by atoms with E-state index in [1.165, 1.54) is 196 Å². The Morgan fingerprint density at radius 1 is 0.200 bits per heavy atom. The van der Waals surface area contributed by atoms with Crippen LogP contribution in [0.15, 0.2) is 344 Å². The van der Waals surface area contributed by atoms with Crippen molar-refractivity contribution in [2.24, 2.45) is 0 Å². The molecule has 0 aromatic heterocycles. The van der Waals surface area contributed by atoms with Crippen LogP contribution < -0.4 is 4.65 Å². The third-order valence-electron chi connectivity index (χ3n) is 21.3. The van der Waals surface area contributed by atoms with Gasteiger partial charge in [0.2, 0.25) is 0 Å². The van der Waals surface area contributed by atoms with E-state index in [1.54, 1.807) is 0 Å². The summed E-state index contributed by atoms with van der Waals surface area (Å²) >= 11 is 3.86. The Morgan fingerprint density at radius 3 is 0.920 bits per heavy atom. The summed E-state index contributed by atoms with van der Waals surface area (Å²) < 4.78 is 6.09. The first-order valence-electron chi connectivity index (χ1n) is 34.2. The Morgan fingerprint density at radius 2 is 0.480 bits per heavy atom. The molecular formula is C96H57BBrO2. The summed E-state index contributed by atoms with van der Waals surface area (Å²) in [6.45, 7) is 0. The zero-order valence-corrected chi connectivity index (χ0v) is 55.7. The van der Waals surface area contributed by atoms with Crippen LogP contribution in [-0.2, 0) is 0 Å². The van der Waals surface area contributed by atoms with Crippen LogP contribution in [0.4, 0.5) is 0 Å². The number of hydrogen-bond donors (Lipinski definition) is 1. The molecule has 22 aromatic carbocycles. The van der Waals surface area contributed by atoms with Crippen LogP contribution in [0.3, 0.4) is 0 Å². The SMILES string of the molecule is Brc1ccc2c3c(-c4ccccc4)c4c5cccc6cccc(c4c(-c4ccccc4)c3c3cccc1c32)c65.O[B]Oc1cccc2ccccc12.c1ccc(-c2c3c4cccc5cccc(c3c(-c3ccccc3)c3c6ccc(-c7cccc8ccccc78)c7cccc(c23)c76)c54)cc1. The van der Waals surface area contributed by atoms with Gasteiger partial charge in [0.1, 0.15) is 5.75 Å². The smallest absolute Gasteiger partial charge is 0.537 e. The minimum absolute atomic E-state index is 0.667. The first-order valence-corrected chi connectivity index (χ1v) is 35.0. The van der Waals surface area contributed by atoms with Gasteiger partial charge in [-0.3, -0.25) is 0 Å². The maximum absolute atomic E-state index is 8.53. The molecule has 0 saturated carbocycles. The average molecular weight is 1330 g/mol. The number of benzene rings is 18. The zero-order chi connectivity index (χ0) is 66.1. The summed E-state index contributed by atoms with van der Waals surface area (Å²) in [5, 5.41) is 45.2. The Bertz CT molecular complexity index is 6690. The molecular weight excluding hydrogens is 1280 g/mol. The van der Waals surface area contributed by atoms with E-state index in [2.05, 4.69) is 313 Å². The van der Waals surface area contributed by atoms with E-state index in [9.17, 15) is 0 Å². The van der Waals surface area contributed by atoms with Gasteiger partial charge in [-0.2, -0.15) is 0 Å². The topological polar surface area (TPSA) is 29.5 Å². The van der Waals surface area contributed by atoms with E-state index >= 15 is 0 Å². The molecule has 0 amide bonds. The van der Waals surface area contributed by atoms with Gasteiger partial charge in [-0.15, -0.1) is 0 Å². The van der Waals surface area contributed by atoms with Crippen LogP contribution in [0.2, 0.25) is 0 Å². The predicted octanol–water partition coefficient (Wildman–Crippen LogP) is 27.0. The maximum atomic E-state index is 8.53. The fourth-order valence-corrected chi connectivity index (χ4v) is 17.9. The van der Waals surface area contributed by atoms with Crippen molar-refractivity contribution in [3.05, 3.63) is 344 Å². The molecule has 0 aliphatic carbocycles. The van der Waals surface area contributed by atoms with Crippen LogP contribution in [0.5, 0.6) is 5.75 Å². The highest BCUT2D eigenvalue weighted by Crippen LogP contribution is 2.59. The number of hydrogen-bond acceptors (Lipinski definition) is 2. The summed E-state index contributed by atoms with van der Waals surface area (Å²) in [5.74, 6) is 0.667. The van der Waals surface area contributed by atoms with Gasteiger partial charge in [0.05, 0.1) is 0 Å². The van der Waals surface area contributed by atoms with Gasteiger partial charge in [0.15, 0.2) is 0 Å². The van der Waals surface area contributed by atoms with Gasteiger partial charge in [0, 0.05) is 9.86 Å². The van der Waals surface area contributed by atoms with Crippen molar-refractivity contribution in [3.63, 3.8) is 0 Å². The number of fused-ring (bicyclic) bond motifs is 14. The van der Waals surface area contributed by atoms with E-state index in [0.717, 1.165) is 15.2 Å². The van der Waals surface area contributed by atoms with E-state index < -0.39 is 0 Å². The molecule has 0 atom stereocenters. The standard InChI is InChI=1S/C48H28.C38H21Br.C10H8BO2/c1-3-14-31(15-4-1)42-45-37-24-10-19-30-20-11-25-38(41(30)37)46(45)43(32-16-5-2-6-17-32)48-40-28-27-35(36-23-12-26-39(44(36)40)47(42)48)34-22-9-18-29-13-7-8-21-33(29)34;39-30-21-20-29-34-25(30)16-9-19-28(34)37-32(23-10-3-1-4-11-23)35-26-17-7-14-22-15-8-18-27(31(22)26)36(35)33(38(29)37)24-12-5-2-6-13-24;12-11-13-10-7-3-5-8-4-1-2-6-9(8)10/h1-28H;1-21H;1-7,12H. The second-order valence-corrected chi connectivity index (χ2v) is 27.2. The molecule has 0 aliphatic rings. The van der Waals surface area contributed by atoms with Crippen LogP contribution in [0.25, 0.3) is 206 Å². The second-order valence-electron chi connectivity index (χ2n) is 26.3. The molecule has 0 fully saturated rings. The van der Waals surface area contributed by atoms with Crippen LogP contribution in [0, 0.1) is 0 Å². The van der Waals surface area contributed by atoms with E-state index in [1.807, 2.05) is 42.5 Å². The molecule has 0 saturated heterocycles. The Balaban J connectivity index is 0.000000116. The van der Waals surface area contributed by atoms with Gasteiger partial charge in [0.25, 0.3) is 0 Å². The fourth-order valence-electron chi connectivity index (χ4n) is 17.4. The maximum Gasteiger partial charge on any atom is 0.569 e. The lowest BCUT2D eigenvalue weighted by Gasteiger charge is -2.15. The van der Waals surface area contributed by atoms with E-state index in [0.29, 0.717) is 13.4 Å². The minimum atomic E-state index is 0.667. The van der Waals surface area contributed by atoms with Crippen molar-refractivity contribution in [2.45, 2.75) is 0 Å². The molecule has 4 heteroatoms. The lowest BCUT2D eigenvalue weighted by molar-refractivity contribution is 0.456.